The number of aryl methyl sites for hydroxylation is 3. The average Bonchev–Trinajstić information content (AvgIpc) is 2.79. The van der Waals surface area contributed by atoms with Crippen molar-refractivity contribution in [2.24, 2.45) is 5.92 Å². The number of carbonyl (C=O) groups is 1. The van der Waals surface area contributed by atoms with Crippen LogP contribution in [0.25, 0.3) is 0 Å². The Morgan fingerprint density at radius 3 is 2.59 bits per heavy atom. The SMILES string of the molecule is Cc1cc(C)c(NC(=O)C2CCNC2)cc1C. The molecule has 17 heavy (non-hydrogen) atoms. The third-order valence-electron chi connectivity index (χ3n) is 3.53. The van der Waals surface area contributed by atoms with E-state index in [1.165, 1.54) is 11.1 Å². The molecule has 1 heterocycles. The van der Waals surface area contributed by atoms with Gasteiger partial charge in [0.1, 0.15) is 0 Å². The van der Waals surface area contributed by atoms with E-state index in [0.717, 1.165) is 30.8 Å². The summed E-state index contributed by atoms with van der Waals surface area (Å²) in [6.45, 7) is 7.95. The quantitative estimate of drug-likeness (QED) is 0.820. The molecule has 92 valence electrons. The zero-order chi connectivity index (χ0) is 12.4. The van der Waals surface area contributed by atoms with Gasteiger partial charge in [0.15, 0.2) is 0 Å². The van der Waals surface area contributed by atoms with Gasteiger partial charge in [0.25, 0.3) is 0 Å². The highest BCUT2D eigenvalue weighted by atomic mass is 16.1. The number of carbonyl (C=O) groups excluding carboxylic acids is 1. The molecule has 1 aromatic carbocycles. The highest BCUT2D eigenvalue weighted by molar-refractivity contribution is 5.93. The molecule has 1 fully saturated rings. The van der Waals surface area contributed by atoms with Crippen LogP contribution in [0.3, 0.4) is 0 Å². The minimum Gasteiger partial charge on any atom is -0.326 e. The molecule has 2 N–H and O–H groups in total. The molecule has 1 amide bonds. The number of rotatable bonds is 2. The first-order valence-electron chi connectivity index (χ1n) is 6.17. The van der Waals surface area contributed by atoms with Gasteiger partial charge in [-0.3, -0.25) is 4.79 Å². The van der Waals surface area contributed by atoms with Crippen molar-refractivity contribution in [3.8, 4) is 0 Å². The van der Waals surface area contributed by atoms with Gasteiger partial charge in [-0.15, -0.1) is 0 Å². The fourth-order valence-electron chi connectivity index (χ4n) is 2.21. The summed E-state index contributed by atoms with van der Waals surface area (Å²) < 4.78 is 0. The zero-order valence-corrected chi connectivity index (χ0v) is 10.8. The Morgan fingerprint density at radius 2 is 1.94 bits per heavy atom. The molecule has 3 heteroatoms. The van der Waals surface area contributed by atoms with Gasteiger partial charge in [-0.25, -0.2) is 0 Å². The van der Waals surface area contributed by atoms with Crippen LogP contribution in [0.5, 0.6) is 0 Å². The van der Waals surface area contributed by atoms with Crippen molar-refractivity contribution >= 4 is 11.6 Å². The maximum Gasteiger partial charge on any atom is 0.228 e. The highest BCUT2D eigenvalue weighted by Crippen LogP contribution is 2.21. The largest absolute Gasteiger partial charge is 0.326 e. The maximum absolute atomic E-state index is 12.0. The van der Waals surface area contributed by atoms with Crippen LogP contribution in [-0.4, -0.2) is 19.0 Å². The first kappa shape index (κ1) is 12.1. The number of hydrogen-bond acceptors (Lipinski definition) is 2. The minimum absolute atomic E-state index is 0.121. The van der Waals surface area contributed by atoms with Crippen molar-refractivity contribution < 1.29 is 4.79 Å². The molecule has 2 rings (SSSR count). The predicted molar refractivity (Wildman–Crippen MR) is 70.3 cm³/mol. The van der Waals surface area contributed by atoms with E-state index in [1.807, 2.05) is 6.92 Å². The second kappa shape index (κ2) is 4.88. The summed E-state index contributed by atoms with van der Waals surface area (Å²) in [4.78, 5) is 12.0. The van der Waals surface area contributed by atoms with Gasteiger partial charge in [-0.05, 0) is 56.5 Å². The molecule has 0 aliphatic carbocycles. The van der Waals surface area contributed by atoms with E-state index in [0.29, 0.717) is 0 Å². The second-order valence-corrected chi connectivity index (χ2v) is 4.93. The third kappa shape index (κ3) is 2.67. The molecule has 3 nitrogen and oxygen atoms in total. The molecule has 1 unspecified atom stereocenters. The summed E-state index contributed by atoms with van der Waals surface area (Å²) in [6.07, 6.45) is 0.940. The Morgan fingerprint density at radius 1 is 1.24 bits per heavy atom. The number of benzene rings is 1. The van der Waals surface area contributed by atoms with E-state index in [1.54, 1.807) is 0 Å². The summed E-state index contributed by atoms with van der Waals surface area (Å²) in [5.74, 6) is 0.261. The molecule has 1 saturated heterocycles. The van der Waals surface area contributed by atoms with E-state index >= 15 is 0 Å². The van der Waals surface area contributed by atoms with E-state index in [-0.39, 0.29) is 11.8 Å². The first-order valence-corrected chi connectivity index (χ1v) is 6.17. The van der Waals surface area contributed by atoms with Gasteiger partial charge in [0.05, 0.1) is 5.92 Å². The summed E-state index contributed by atoms with van der Waals surface area (Å²) in [5.41, 5.74) is 4.57. The van der Waals surface area contributed by atoms with Gasteiger partial charge in [-0.2, -0.15) is 0 Å². The lowest BCUT2D eigenvalue weighted by atomic mass is 10.0. The Labute approximate surface area is 103 Å². The van der Waals surface area contributed by atoms with Crippen LogP contribution in [0.15, 0.2) is 12.1 Å². The van der Waals surface area contributed by atoms with Crippen molar-refractivity contribution in [1.29, 1.82) is 0 Å². The van der Waals surface area contributed by atoms with Crippen molar-refractivity contribution in [1.82, 2.24) is 5.32 Å². The van der Waals surface area contributed by atoms with Crippen LogP contribution in [0.4, 0.5) is 5.69 Å². The average molecular weight is 232 g/mol. The fourth-order valence-corrected chi connectivity index (χ4v) is 2.21. The van der Waals surface area contributed by atoms with Crippen molar-refractivity contribution in [3.63, 3.8) is 0 Å². The molecule has 0 radical (unpaired) electrons. The van der Waals surface area contributed by atoms with E-state index < -0.39 is 0 Å². The van der Waals surface area contributed by atoms with Gasteiger partial charge in [-0.1, -0.05) is 6.07 Å². The van der Waals surface area contributed by atoms with Gasteiger partial charge >= 0.3 is 0 Å². The molecule has 0 saturated carbocycles. The lowest BCUT2D eigenvalue weighted by Gasteiger charge is -2.14. The van der Waals surface area contributed by atoms with Crippen molar-refractivity contribution in [2.45, 2.75) is 27.2 Å². The van der Waals surface area contributed by atoms with E-state index in [2.05, 4.69) is 36.6 Å². The molecule has 1 atom stereocenters. The smallest absolute Gasteiger partial charge is 0.228 e. The van der Waals surface area contributed by atoms with Crippen LogP contribution in [-0.2, 0) is 4.79 Å². The zero-order valence-electron chi connectivity index (χ0n) is 10.8. The van der Waals surface area contributed by atoms with E-state index in [9.17, 15) is 4.79 Å². The Bertz CT molecular complexity index is 434. The molecule has 1 aliphatic heterocycles. The van der Waals surface area contributed by atoms with Crippen LogP contribution in [0.2, 0.25) is 0 Å². The second-order valence-electron chi connectivity index (χ2n) is 4.93. The van der Waals surface area contributed by atoms with Crippen LogP contribution in [0, 0.1) is 26.7 Å². The topological polar surface area (TPSA) is 41.1 Å². The van der Waals surface area contributed by atoms with Crippen LogP contribution >= 0.6 is 0 Å². The Balaban J connectivity index is 2.12. The predicted octanol–water partition coefficient (Wildman–Crippen LogP) is 2.16. The third-order valence-corrected chi connectivity index (χ3v) is 3.53. The molecule has 0 spiro atoms. The van der Waals surface area contributed by atoms with E-state index in [4.69, 9.17) is 0 Å². The number of hydrogen-bond donors (Lipinski definition) is 2. The molecular weight excluding hydrogens is 212 g/mol. The monoisotopic (exact) mass is 232 g/mol. The lowest BCUT2D eigenvalue weighted by Crippen LogP contribution is -2.25. The van der Waals surface area contributed by atoms with Crippen molar-refractivity contribution in [3.05, 3.63) is 28.8 Å². The standard InChI is InChI=1S/C14H20N2O/c1-9-6-11(3)13(7-10(9)2)16-14(17)12-4-5-15-8-12/h6-7,12,15H,4-5,8H2,1-3H3,(H,16,17). The van der Waals surface area contributed by atoms with Crippen LogP contribution < -0.4 is 10.6 Å². The maximum atomic E-state index is 12.0. The number of amides is 1. The summed E-state index contributed by atoms with van der Waals surface area (Å²) in [5, 5.41) is 6.25. The highest BCUT2D eigenvalue weighted by Gasteiger charge is 2.22. The molecule has 0 aromatic heterocycles. The number of nitrogens with one attached hydrogen (secondary N) is 2. The molecule has 1 aromatic rings. The fraction of sp³-hybridized carbons (Fsp3) is 0.500. The molecular formula is C14H20N2O. The van der Waals surface area contributed by atoms with Gasteiger partial charge in [0, 0.05) is 12.2 Å². The number of anilines is 1. The summed E-state index contributed by atoms with van der Waals surface area (Å²) in [7, 11) is 0. The van der Waals surface area contributed by atoms with Crippen LogP contribution in [0.1, 0.15) is 23.1 Å². The Kier molecular flexibility index (Phi) is 3.48. The minimum atomic E-state index is 0.121. The molecule has 0 bridgehead atoms. The summed E-state index contributed by atoms with van der Waals surface area (Å²) in [6, 6.07) is 4.18. The summed E-state index contributed by atoms with van der Waals surface area (Å²) >= 11 is 0. The molecule has 1 aliphatic rings. The Hall–Kier alpha value is -1.35. The van der Waals surface area contributed by atoms with Crippen molar-refractivity contribution in [2.75, 3.05) is 18.4 Å². The first-order chi connectivity index (χ1) is 8.08. The lowest BCUT2D eigenvalue weighted by molar-refractivity contribution is -0.119. The van der Waals surface area contributed by atoms with Gasteiger partial charge in [0.2, 0.25) is 5.91 Å². The van der Waals surface area contributed by atoms with Gasteiger partial charge < -0.3 is 10.6 Å². The normalized spacial score (nSPS) is 19.4.